The van der Waals surface area contributed by atoms with E-state index < -0.39 is 15.9 Å². The lowest BCUT2D eigenvalue weighted by Crippen LogP contribution is -2.40. The number of carbonyl (C=O) groups is 1. The van der Waals surface area contributed by atoms with E-state index in [1.54, 1.807) is 36.8 Å². The van der Waals surface area contributed by atoms with E-state index in [4.69, 9.17) is 4.74 Å². The van der Waals surface area contributed by atoms with Crippen molar-refractivity contribution in [2.45, 2.75) is 18.4 Å². The van der Waals surface area contributed by atoms with Crippen molar-refractivity contribution in [3.8, 4) is 11.4 Å². The maximum atomic E-state index is 13.5. The fourth-order valence-corrected chi connectivity index (χ4v) is 4.91. The zero-order chi connectivity index (χ0) is 24.8. The molecule has 1 heterocycles. The second-order valence-electron chi connectivity index (χ2n) is 7.94. The molecule has 0 spiro atoms. The van der Waals surface area contributed by atoms with Crippen LogP contribution in [0.3, 0.4) is 0 Å². The fourth-order valence-electron chi connectivity index (χ4n) is 3.49. The van der Waals surface area contributed by atoms with Crippen LogP contribution in [0.2, 0.25) is 0 Å². The number of ether oxygens (including phenoxy) is 1. The third-order valence-corrected chi connectivity index (χ3v) is 7.27. The minimum absolute atomic E-state index is 0.0711. The highest BCUT2D eigenvalue weighted by molar-refractivity contribution is 7.92. The van der Waals surface area contributed by atoms with Crippen molar-refractivity contribution in [1.82, 2.24) is 14.9 Å². The van der Waals surface area contributed by atoms with Crippen molar-refractivity contribution in [2.75, 3.05) is 18.0 Å². The molecule has 0 aliphatic heterocycles. The van der Waals surface area contributed by atoms with Crippen LogP contribution in [0.25, 0.3) is 5.69 Å². The van der Waals surface area contributed by atoms with Crippen LogP contribution >= 0.6 is 0 Å². The van der Waals surface area contributed by atoms with E-state index in [0.29, 0.717) is 11.4 Å². The molecule has 3 aromatic carbocycles. The Bertz CT molecular complexity index is 1370. The van der Waals surface area contributed by atoms with Crippen molar-refractivity contribution >= 4 is 21.6 Å². The normalized spacial score (nSPS) is 11.1. The summed E-state index contributed by atoms with van der Waals surface area (Å²) < 4.78 is 35.1. The summed E-state index contributed by atoms with van der Waals surface area (Å²) in [6, 6.07) is 20.8. The SMILES string of the molecule is COc1ccc(S(=O)(=O)N(CC(=O)NCc2ccc(-n3ccnc3)cc2)c2ccc(C)cc2)cc1. The quantitative estimate of drug-likeness (QED) is 0.386. The minimum Gasteiger partial charge on any atom is -0.497 e. The minimum atomic E-state index is -3.99. The Kier molecular flexibility index (Phi) is 7.17. The van der Waals surface area contributed by atoms with Gasteiger partial charge in [-0.25, -0.2) is 13.4 Å². The predicted octanol–water partition coefficient (Wildman–Crippen LogP) is 3.70. The van der Waals surface area contributed by atoms with E-state index in [1.165, 1.54) is 19.2 Å². The summed E-state index contributed by atoms with van der Waals surface area (Å²) in [5, 5.41) is 2.82. The third kappa shape index (κ3) is 5.70. The average molecular weight is 491 g/mol. The lowest BCUT2D eigenvalue weighted by molar-refractivity contribution is -0.119. The Morgan fingerprint density at radius 1 is 1.00 bits per heavy atom. The van der Waals surface area contributed by atoms with Gasteiger partial charge in [0.1, 0.15) is 12.3 Å². The number of benzene rings is 3. The summed E-state index contributed by atoms with van der Waals surface area (Å²) in [5.41, 5.74) is 3.24. The summed E-state index contributed by atoms with van der Waals surface area (Å²) >= 11 is 0. The molecular weight excluding hydrogens is 464 g/mol. The molecule has 0 aliphatic rings. The van der Waals surface area contributed by atoms with Crippen LogP contribution in [-0.2, 0) is 21.4 Å². The molecule has 4 aromatic rings. The number of sulfonamides is 1. The van der Waals surface area contributed by atoms with Crippen LogP contribution in [0, 0.1) is 6.92 Å². The highest BCUT2D eigenvalue weighted by atomic mass is 32.2. The van der Waals surface area contributed by atoms with Gasteiger partial charge in [-0.1, -0.05) is 29.8 Å². The number of anilines is 1. The average Bonchev–Trinajstić information content (AvgIpc) is 3.42. The molecule has 0 fully saturated rings. The molecule has 0 aliphatic carbocycles. The molecular formula is C26H26N4O4S. The van der Waals surface area contributed by atoms with Gasteiger partial charge in [-0.05, 0) is 61.0 Å². The van der Waals surface area contributed by atoms with Crippen LogP contribution in [0.5, 0.6) is 5.75 Å². The van der Waals surface area contributed by atoms with Gasteiger partial charge in [0.15, 0.2) is 0 Å². The lowest BCUT2D eigenvalue weighted by Gasteiger charge is -2.24. The van der Waals surface area contributed by atoms with Gasteiger partial charge in [-0.15, -0.1) is 0 Å². The topological polar surface area (TPSA) is 93.5 Å². The number of hydrogen-bond donors (Lipinski definition) is 1. The Labute approximate surface area is 204 Å². The molecule has 9 heteroatoms. The summed E-state index contributed by atoms with van der Waals surface area (Å²) in [7, 11) is -2.48. The van der Waals surface area contributed by atoms with Crippen molar-refractivity contribution in [3.05, 3.63) is 103 Å². The van der Waals surface area contributed by atoms with Gasteiger partial charge in [-0.3, -0.25) is 9.10 Å². The molecule has 0 bridgehead atoms. The molecule has 1 aromatic heterocycles. The van der Waals surface area contributed by atoms with E-state index in [-0.39, 0.29) is 18.0 Å². The predicted molar refractivity (Wildman–Crippen MR) is 134 cm³/mol. The Morgan fingerprint density at radius 3 is 2.29 bits per heavy atom. The Balaban J connectivity index is 1.50. The standard InChI is InChI=1S/C26H26N4O4S/c1-20-3-7-23(8-4-20)30(35(32,33)25-13-11-24(34-2)12-14-25)18-26(31)28-17-21-5-9-22(10-6-21)29-16-15-27-19-29/h3-16,19H,17-18H2,1-2H3,(H,28,31). The second-order valence-corrected chi connectivity index (χ2v) is 9.80. The van der Waals surface area contributed by atoms with Crippen molar-refractivity contribution in [1.29, 1.82) is 0 Å². The second kappa shape index (κ2) is 10.4. The van der Waals surface area contributed by atoms with Crippen molar-refractivity contribution in [2.24, 2.45) is 0 Å². The number of nitrogens with one attached hydrogen (secondary N) is 1. The highest BCUT2D eigenvalue weighted by Gasteiger charge is 2.27. The number of carbonyl (C=O) groups excluding carboxylic acids is 1. The number of methoxy groups -OCH3 is 1. The van der Waals surface area contributed by atoms with Crippen LogP contribution in [0.4, 0.5) is 5.69 Å². The van der Waals surface area contributed by atoms with Gasteiger partial charge in [0, 0.05) is 24.6 Å². The number of aryl methyl sites for hydroxylation is 1. The van der Waals surface area contributed by atoms with Gasteiger partial charge in [0.2, 0.25) is 5.91 Å². The van der Waals surface area contributed by atoms with Crippen molar-refractivity contribution < 1.29 is 17.9 Å². The maximum Gasteiger partial charge on any atom is 0.264 e. The van der Waals surface area contributed by atoms with Gasteiger partial charge in [0.05, 0.1) is 24.0 Å². The van der Waals surface area contributed by atoms with E-state index in [0.717, 1.165) is 21.1 Å². The highest BCUT2D eigenvalue weighted by Crippen LogP contribution is 2.25. The van der Waals surface area contributed by atoms with Gasteiger partial charge in [0.25, 0.3) is 10.0 Å². The van der Waals surface area contributed by atoms with Crippen molar-refractivity contribution in [3.63, 3.8) is 0 Å². The Hall–Kier alpha value is -4.11. The molecule has 0 radical (unpaired) electrons. The number of aromatic nitrogens is 2. The molecule has 0 saturated heterocycles. The summed E-state index contributed by atoms with van der Waals surface area (Å²) in [6.07, 6.45) is 5.26. The van der Waals surface area contributed by atoms with Crippen LogP contribution in [0.15, 0.2) is 96.4 Å². The largest absolute Gasteiger partial charge is 0.497 e. The lowest BCUT2D eigenvalue weighted by atomic mass is 10.2. The first-order valence-electron chi connectivity index (χ1n) is 10.9. The number of nitrogens with zero attached hydrogens (tertiary/aromatic N) is 3. The third-order valence-electron chi connectivity index (χ3n) is 5.49. The molecule has 1 N–H and O–H groups in total. The van der Waals surface area contributed by atoms with Gasteiger partial charge in [-0.2, -0.15) is 0 Å². The van der Waals surface area contributed by atoms with Crippen LogP contribution in [-0.4, -0.2) is 37.5 Å². The van der Waals surface area contributed by atoms with E-state index in [9.17, 15) is 13.2 Å². The fraction of sp³-hybridized carbons (Fsp3) is 0.154. The summed E-state index contributed by atoms with van der Waals surface area (Å²) in [5.74, 6) is 0.129. The van der Waals surface area contributed by atoms with Crippen LogP contribution < -0.4 is 14.4 Å². The molecule has 0 saturated carbocycles. The van der Waals surface area contributed by atoms with E-state index in [2.05, 4.69) is 10.3 Å². The molecule has 35 heavy (non-hydrogen) atoms. The summed E-state index contributed by atoms with van der Waals surface area (Å²) in [6.45, 7) is 1.83. The first-order valence-corrected chi connectivity index (χ1v) is 12.4. The summed E-state index contributed by atoms with van der Waals surface area (Å²) in [4.78, 5) is 17.0. The first kappa shape index (κ1) is 24.0. The number of amides is 1. The zero-order valence-electron chi connectivity index (χ0n) is 19.5. The van der Waals surface area contributed by atoms with Crippen LogP contribution in [0.1, 0.15) is 11.1 Å². The molecule has 1 amide bonds. The molecule has 4 rings (SSSR count). The maximum absolute atomic E-state index is 13.5. The number of imidazole rings is 1. The smallest absolute Gasteiger partial charge is 0.264 e. The number of rotatable bonds is 9. The number of hydrogen-bond acceptors (Lipinski definition) is 5. The van der Waals surface area contributed by atoms with E-state index >= 15 is 0 Å². The van der Waals surface area contributed by atoms with E-state index in [1.807, 2.05) is 54.1 Å². The molecule has 180 valence electrons. The Morgan fingerprint density at radius 2 is 1.69 bits per heavy atom. The zero-order valence-corrected chi connectivity index (χ0v) is 20.3. The monoisotopic (exact) mass is 490 g/mol. The first-order chi connectivity index (χ1) is 16.9. The van der Waals surface area contributed by atoms with Gasteiger partial charge < -0.3 is 14.6 Å². The molecule has 0 unspecified atom stereocenters. The van der Waals surface area contributed by atoms with Gasteiger partial charge >= 0.3 is 0 Å². The molecule has 0 atom stereocenters. The molecule has 8 nitrogen and oxygen atoms in total.